The highest BCUT2D eigenvalue weighted by Gasteiger charge is 2.19. The average molecular weight is 615 g/mol. The maximum absolute atomic E-state index is 6.10. The van der Waals surface area contributed by atoms with E-state index in [4.69, 9.17) is 19.0 Å². The second-order valence-corrected chi connectivity index (χ2v) is 12.9. The van der Waals surface area contributed by atoms with Gasteiger partial charge in [-0.3, -0.25) is 9.80 Å². The van der Waals surface area contributed by atoms with Gasteiger partial charge in [0.15, 0.2) is 0 Å². The predicted molar refractivity (Wildman–Crippen MR) is 179 cm³/mol. The second-order valence-electron chi connectivity index (χ2n) is 12.9. The number of aryl methyl sites for hydroxylation is 4. The molecule has 6 rings (SSSR count). The highest BCUT2D eigenvalue weighted by Crippen LogP contribution is 2.30. The van der Waals surface area contributed by atoms with Crippen LogP contribution in [-0.2, 0) is 24.1 Å². The van der Waals surface area contributed by atoms with E-state index in [1.165, 1.54) is 24.2 Å². The minimum Gasteiger partial charge on any atom is -0.494 e. The molecule has 2 aliphatic heterocycles. The third-order valence-electron chi connectivity index (χ3n) is 9.48. The van der Waals surface area contributed by atoms with Crippen molar-refractivity contribution in [2.24, 2.45) is 0 Å². The molecule has 9 heteroatoms. The van der Waals surface area contributed by atoms with Crippen molar-refractivity contribution in [3.63, 3.8) is 0 Å². The van der Waals surface area contributed by atoms with Crippen molar-refractivity contribution in [1.29, 1.82) is 0 Å². The average Bonchev–Trinajstić information content (AvgIpc) is 3.59. The molecule has 0 aliphatic carbocycles. The fourth-order valence-electron chi connectivity index (χ4n) is 6.73. The van der Waals surface area contributed by atoms with E-state index in [1.807, 2.05) is 13.8 Å². The topological polar surface area (TPSA) is 72.0 Å². The van der Waals surface area contributed by atoms with E-state index in [0.717, 1.165) is 125 Å². The molecule has 242 valence electrons. The lowest BCUT2D eigenvalue weighted by Gasteiger charge is -2.36. The Bertz CT molecular complexity index is 1490. The normalized spacial score (nSPS) is 17.1. The van der Waals surface area contributed by atoms with Gasteiger partial charge in [-0.2, -0.15) is 0 Å². The summed E-state index contributed by atoms with van der Waals surface area (Å²) in [7, 11) is 0. The number of imidazole rings is 1. The minimum absolute atomic E-state index is 0.647. The quantitative estimate of drug-likeness (QED) is 0.190. The Hall–Kier alpha value is -3.24. The Morgan fingerprint density at radius 1 is 0.844 bits per heavy atom. The van der Waals surface area contributed by atoms with Crippen LogP contribution in [0.15, 0.2) is 47.0 Å². The van der Waals surface area contributed by atoms with Crippen molar-refractivity contribution < 1.29 is 14.0 Å². The molecule has 2 aromatic heterocycles. The molecule has 4 aromatic rings. The molecule has 0 saturated carbocycles. The summed E-state index contributed by atoms with van der Waals surface area (Å²) in [5.41, 5.74) is 6.58. The largest absolute Gasteiger partial charge is 0.494 e. The first-order valence-corrected chi connectivity index (χ1v) is 16.9. The molecule has 2 fully saturated rings. The molecule has 0 unspecified atom stereocenters. The van der Waals surface area contributed by atoms with Crippen LogP contribution in [0, 0.1) is 13.8 Å². The number of benzene rings is 2. The van der Waals surface area contributed by atoms with Crippen molar-refractivity contribution in [1.82, 2.24) is 29.4 Å². The van der Waals surface area contributed by atoms with Crippen LogP contribution < -0.4 is 4.74 Å². The Kier molecular flexibility index (Phi) is 10.5. The van der Waals surface area contributed by atoms with E-state index in [9.17, 15) is 0 Å². The molecule has 4 heterocycles. The van der Waals surface area contributed by atoms with Crippen LogP contribution in [0.4, 0.5) is 0 Å². The Balaban J connectivity index is 1.07. The first kappa shape index (κ1) is 31.7. The molecule has 0 radical (unpaired) electrons. The number of nitrogens with zero attached hydrogens (tertiary/aromatic N) is 6. The first-order valence-electron chi connectivity index (χ1n) is 16.9. The van der Waals surface area contributed by atoms with Gasteiger partial charge in [-0.1, -0.05) is 23.4 Å². The highest BCUT2D eigenvalue weighted by molar-refractivity contribution is 5.83. The van der Waals surface area contributed by atoms with Gasteiger partial charge in [-0.15, -0.1) is 0 Å². The van der Waals surface area contributed by atoms with Crippen molar-refractivity contribution in [3.05, 3.63) is 65.3 Å². The molecular weight excluding hydrogens is 564 g/mol. The van der Waals surface area contributed by atoms with Crippen LogP contribution in [0.5, 0.6) is 5.75 Å². The van der Waals surface area contributed by atoms with E-state index in [-0.39, 0.29) is 0 Å². The van der Waals surface area contributed by atoms with Gasteiger partial charge in [0.25, 0.3) is 0 Å². The molecule has 0 bridgehead atoms. The lowest BCUT2D eigenvalue weighted by atomic mass is 10.0. The van der Waals surface area contributed by atoms with Crippen molar-refractivity contribution in [3.8, 4) is 16.9 Å². The first-order chi connectivity index (χ1) is 21.9. The van der Waals surface area contributed by atoms with Crippen molar-refractivity contribution in [2.75, 3.05) is 72.2 Å². The summed E-state index contributed by atoms with van der Waals surface area (Å²) in [6.45, 7) is 20.6. The van der Waals surface area contributed by atoms with Crippen LogP contribution in [0.2, 0.25) is 0 Å². The van der Waals surface area contributed by atoms with E-state index >= 15 is 0 Å². The summed E-state index contributed by atoms with van der Waals surface area (Å²) in [6.07, 6.45) is 2.87. The molecule has 45 heavy (non-hydrogen) atoms. The molecule has 9 nitrogen and oxygen atoms in total. The second kappa shape index (κ2) is 14.9. The van der Waals surface area contributed by atoms with Crippen LogP contribution >= 0.6 is 0 Å². The van der Waals surface area contributed by atoms with E-state index in [0.29, 0.717) is 6.04 Å². The van der Waals surface area contributed by atoms with Gasteiger partial charge in [0.05, 0.1) is 36.5 Å². The summed E-state index contributed by atoms with van der Waals surface area (Å²) < 4.78 is 19.5. The Morgan fingerprint density at radius 3 is 2.31 bits per heavy atom. The number of morpholine rings is 1. The lowest BCUT2D eigenvalue weighted by Crippen LogP contribution is -2.49. The smallest absolute Gasteiger partial charge is 0.141 e. The number of hydrogen-bond acceptors (Lipinski definition) is 8. The van der Waals surface area contributed by atoms with Crippen LogP contribution in [0.1, 0.15) is 43.1 Å². The van der Waals surface area contributed by atoms with Crippen molar-refractivity contribution >= 4 is 11.0 Å². The Morgan fingerprint density at radius 2 is 1.60 bits per heavy atom. The predicted octanol–water partition coefficient (Wildman–Crippen LogP) is 5.22. The fourth-order valence-corrected chi connectivity index (χ4v) is 6.73. The van der Waals surface area contributed by atoms with E-state index in [1.54, 1.807) is 0 Å². The van der Waals surface area contributed by atoms with Gasteiger partial charge < -0.3 is 23.5 Å². The number of piperazine rings is 1. The van der Waals surface area contributed by atoms with Crippen LogP contribution in [0.3, 0.4) is 0 Å². The third kappa shape index (κ3) is 7.95. The van der Waals surface area contributed by atoms with Crippen LogP contribution in [0.25, 0.3) is 22.2 Å². The molecule has 0 N–H and O–H groups in total. The molecule has 2 aromatic carbocycles. The number of fused-ring (bicyclic) bond motifs is 1. The van der Waals surface area contributed by atoms with Crippen LogP contribution in [-0.4, -0.2) is 108 Å². The monoisotopic (exact) mass is 614 g/mol. The summed E-state index contributed by atoms with van der Waals surface area (Å²) in [5.74, 6) is 2.92. The molecule has 0 atom stereocenters. The summed E-state index contributed by atoms with van der Waals surface area (Å²) in [5, 5.41) is 4.16. The minimum atomic E-state index is 0.647. The zero-order valence-corrected chi connectivity index (χ0v) is 27.6. The zero-order valence-electron chi connectivity index (χ0n) is 27.6. The summed E-state index contributed by atoms with van der Waals surface area (Å²) in [4.78, 5) is 12.8. The number of rotatable bonds is 13. The third-order valence-corrected chi connectivity index (χ3v) is 9.48. The lowest BCUT2D eigenvalue weighted by molar-refractivity contribution is 0.0364. The highest BCUT2D eigenvalue weighted by atomic mass is 16.5. The molecule has 0 amide bonds. The molecule has 2 saturated heterocycles. The number of hydrogen-bond donors (Lipinski definition) is 0. The van der Waals surface area contributed by atoms with E-state index in [2.05, 4.69) is 80.7 Å². The summed E-state index contributed by atoms with van der Waals surface area (Å²) >= 11 is 0. The van der Waals surface area contributed by atoms with Gasteiger partial charge >= 0.3 is 0 Å². The zero-order chi connectivity index (χ0) is 31.2. The number of aromatic nitrogens is 3. The number of ether oxygens (including phenoxy) is 2. The van der Waals surface area contributed by atoms with Gasteiger partial charge in [-0.05, 0) is 75.9 Å². The Labute approximate surface area is 268 Å². The van der Waals surface area contributed by atoms with Gasteiger partial charge in [-0.25, -0.2) is 4.98 Å². The fraction of sp³-hybridized carbons (Fsp3) is 0.556. The van der Waals surface area contributed by atoms with E-state index < -0.39 is 0 Å². The van der Waals surface area contributed by atoms with Gasteiger partial charge in [0.1, 0.15) is 17.3 Å². The maximum Gasteiger partial charge on any atom is 0.141 e. The summed E-state index contributed by atoms with van der Waals surface area (Å²) in [6, 6.07) is 15.9. The van der Waals surface area contributed by atoms with Gasteiger partial charge in [0, 0.05) is 76.9 Å². The molecular formula is C36H50N6O3. The maximum atomic E-state index is 6.10. The molecule has 0 spiro atoms. The van der Waals surface area contributed by atoms with Gasteiger partial charge in [0.2, 0.25) is 0 Å². The SMILES string of the molecule is Cc1noc(C)c1-c1ccc2c(c1)nc(CCc1ccc(OCCCN3CCN(C(C)C)CC3)cc1)n2CCN1CCOCC1. The molecule has 2 aliphatic rings. The standard InChI is InChI=1S/C36H50N6O3/c1-27(2)41-18-15-39(16-19-41)14-5-23-44-32-10-6-30(7-11-32)8-13-35-37-33-26-31(36-28(3)38-45-29(36)4)9-12-34(33)42(35)20-17-40-21-24-43-25-22-40/h6-7,9-12,26-27H,5,8,13-25H2,1-4H3. The van der Waals surface area contributed by atoms with Crippen molar-refractivity contribution in [2.45, 2.75) is 59.5 Å².